The van der Waals surface area contributed by atoms with Crippen molar-refractivity contribution in [3.63, 3.8) is 0 Å². The van der Waals surface area contributed by atoms with Crippen LogP contribution >= 0.6 is 0 Å². The highest BCUT2D eigenvalue weighted by Crippen LogP contribution is 2.27. The Kier molecular flexibility index (Phi) is 5.64. The Morgan fingerprint density at radius 1 is 1.26 bits per heavy atom. The van der Waals surface area contributed by atoms with E-state index < -0.39 is 5.97 Å². The van der Waals surface area contributed by atoms with Crippen molar-refractivity contribution >= 4 is 11.9 Å². The van der Waals surface area contributed by atoms with E-state index >= 15 is 0 Å². The van der Waals surface area contributed by atoms with Crippen LogP contribution < -0.4 is 4.74 Å². The number of ether oxygens (including phenoxy) is 1. The summed E-state index contributed by atoms with van der Waals surface area (Å²) in [5.74, 6) is -0.398. The monoisotopic (exact) mass is 319 g/mol. The zero-order chi connectivity index (χ0) is 17.0. The standard InChI is InChI=1S/C18H25NO4/c1-4-15-7-5-6-8-19(15)18(22)14-9-12(2)17(13(3)10-14)23-11-16(20)21/h9-10,15H,4-8,11H2,1-3H3,(H,20,21). The molecular weight excluding hydrogens is 294 g/mol. The molecule has 1 aliphatic rings. The largest absolute Gasteiger partial charge is 0.481 e. The van der Waals surface area contributed by atoms with Gasteiger partial charge in [0.1, 0.15) is 5.75 Å². The van der Waals surface area contributed by atoms with E-state index in [1.807, 2.05) is 18.7 Å². The molecule has 1 aromatic rings. The van der Waals surface area contributed by atoms with Crippen LogP contribution in [0.25, 0.3) is 0 Å². The summed E-state index contributed by atoms with van der Waals surface area (Å²) in [6.45, 7) is 6.24. The molecule has 1 atom stereocenters. The second kappa shape index (κ2) is 7.49. The van der Waals surface area contributed by atoms with Gasteiger partial charge in [-0.1, -0.05) is 6.92 Å². The third-order valence-corrected chi connectivity index (χ3v) is 4.41. The van der Waals surface area contributed by atoms with E-state index in [1.165, 1.54) is 6.42 Å². The lowest BCUT2D eigenvalue weighted by Gasteiger charge is -2.35. The van der Waals surface area contributed by atoms with Gasteiger partial charge in [-0.25, -0.2) is 4.79 Å². The first-order chi connectivity index (χ1) is 10.9. The highest BCUT2D eigenvalue weighted by Gasteiger charge is 2.26. The van der Waals surface area contributed by atoms with Gasteiger partial charge in [-0.05, 0) is 62.8 Å². The minimum atomic E-state index is -1.01. The summed E-state index contributed by atoms with van der Waals surface area (Å²) in [7, 11) is 0. The number of carboxylic acid groups (broad SMARTS) is 1. The van der Waals surface area contributed by atoms with Crippen molar-refractivity contribution in [1.29, 1.82) is 0 Å². The van der Waals surface area contributed by atoms with Gasteiger partial charge < -0.3 is 14.7 Å². The Hall–Kier alpha value is -2.04. The van der Waals surface area contributed by atoms with E-state index in [9.17, 15) is 9.59 Å². The van der Waals surface area contributed by atoms with Gasteiger partial charge >= 0.3 is 5.97 Å². The third kappa shape index (κ3) is 4.03. The Morgan fingerprint density at radius 2 is 1.91 bits per heavy atom. The van der Waals surface area contributed by atoms with Gasteiger partial charge in [-0.15, -0.1) is 0 Å². The zero-order valence-electron chi connectivity index (χ0n) is 14.1. The maximum atomic E-state index is 12.8. The molecule has 1 amide bonds. The molecule has 23 heavy (non-hydrogen) atoms. The lowest BCUT2D eigenvalue weighted by molar-refractivity contribution is -0.139. The molecule has 0 radical (unpaired) electrons. The predicted molar refractivity (Wildman–Crippen MR) is 88.0 cm³/mol. The Morgan fingerprint density at radius 3 is 2.48 bits per heavy atom. The van der Waals surface area contributed by atoms with Gasteiger partial charge in [0.05, 0.1) is 0 Å². The van der Waals surface area contributed by atoms with Crippen LogP contribution in [0, 0.1) is 13.8 Å². The number of amides is 1. The number of aryl methyl sites for hydroxylation is 2. The number of nitrogens with zero attached hydrogens (tertiary/aromatic N) is 1. The lowest BCUT2D eigenvalue weighted by Crippen LogP contribution is -2.43. The SMILES string of the molecule is CCC1CCCCN1C(=O)c1cc(C)c(OCC(=O)O)c(C)c1. The summed E-state index contributed by atoms with van der Waals surface area (Å²) in [5.41, 5.74) is 2.24. The summed E-state index contributed by atoms with van der Waals surface area (Å²) in [6.07, 6.45) is 4.28. The van der Waals surface area contributed by atoms with Crippen molar-refractivity contribution in [3.8, 4) is 5.75 Å². The predicted octanol–water partition coefficient (Wildman–Crippen LogP) is 3.17. The number of likely N-dealkylation sites (tertiary alicyclic amines) is 1. The summed E-state index contributed by atoms with van der Waals surface area (Å²) < 4.78 is 5.33. The van der Waals surface area contributed by atoms with E-state index in [2.05, 4.69) is 6.92 Å². The number of carbonyl (C=O) groups excluding carboxylic acids is 1. The molecule has 1 heterocycles. The Balaban J connectivity index is 2.22. The van der Waals surface area contributed by atoms with Crippen LogP contribution in [-0.2, 0) is 4.79 Å². The number of rotatable bonds is 5. The van der Waals surface area contributed by atoms with Crippen LogP contribution in [0.1, 0.15) is 54.1 Å². The molecule has 0 spiro atoms. The normalized spacial score (nSPS) is 17.9. The lowest BCUT2D eigenvalue weighted by atomic mass is 9.97. The molecular formula is C18H25NO4. The number of piperidine rings is 1. The Bertz CT molecular complexity index is 574. The van der Waals surface area contributed by atoms with Gasteiger partial charge in [0.15, 0.2) is 6.61 Å². The maximum absolute atomic E-state index is 12.8. The van der Waals surface area contributed by atoms with Crippen LogP contribution in [-0.4, -0.2) is 41.1 Å². The summed E-state index contributed by atoms with van der Waals surface area (Å²) in [6, 6.07) is 3.92. The molecule has 5 nitrogen and oxygen atoms in total. The first-order valence-electron chi connectivity index (χ1n) is 8.20. The summed E-state index contributed by atoms with van der Waals surface area (Å²) in [5, 5.41) is 8.74. The van der Waals surface area contributed by atoms with Crippen LogP contribution in [0.2, 0.25) is 0 Å². The van der Waals surface area contributed by atoms with E-state index in [0.717, 1.165) is 36.9 Å². The summed E-state index contributed by atoms with van der Waals surface area (Å²) >= 11 is 0. The molecule has 1 unspecified atom stereocenters. The molecule has 1 saturated heterocycles. The molecule has 1 N–H and O–H groups in total. The topological polar surface area (TPSA) is 66.8 Å². The molecule has 1 aromatic carbocycles. The minimum absolute atomic E-state index is 0.0625. The fourth-order valence-electron chi connectivity index (χ4n) is 3.29. The van der Waals surface area contributed by atoms with Crippen molar-refractivity contribution in [2.45, 2.75) is 52.5 Å². The first-order valence-corrected chi connectivity index (χ1v) is 8.20. The summed E-state index contributed by atoms with van der Waals surface area (Å²) in [4.78, 5) is 25.5. The van der Waals surface area contributed by atoms with Gasteiger partial charge in [0.25, 0.3) is 5.91 Å². The second-order valence-corrected chi connectivity index (χ2v) is 6.18. The molecule has 5 heteroatoms. The molecule has 2 rings (SSSR count). The third-order valence-electron chi connectivity index (χ3n) is 4.41. The highest BCUT2D eigenvalue weighted by molar-refractivity contribution is 5.95. The number of benzene rings is 1. The number of hydrogen-bond acceptors (Lipinski definition) is 3. The van der Waals surface area contributed by atoms with Crippen LogP contribution in [0.3, 0.4) is 0 Å². The first kappa shape index (κ1) is 17.3. The van der Waals surface area contributed by atoms with Crippen LogP contribution in [0.5, 0.6) is 5.75 Å². The zero-order valence-corrected chi connectivity index (χ0v) is 14.1. The molecule has 0 aromatic heterocycles. The van der Waals surface area contributed by atoms with Crippen molar-refractivity contribution in [3.05, 3.63) is 28.8 Å². The van der Waals surface area contributed by atoms with Crippen LogP contribution in [0.4, 0.5) is 0 Å². The van der Waals surface area contributed by atoms with Gasteiger partial charge in [-0.2, -0.15) is 0 Å². The van der Waals surface area contributed by atoms with Gasteiger partial charge in [0, 0.05) is 18.2 Å². The molecule has 0 bridgehead atoms. The number of hydrogen-bond donors (Lipinski definition) is 1. The fraction of sp³-hybridized carbons (Fsp3) is 0.556. The molecule has 1 fully saturated rings. The number of aliphatic carboxylic acids is 1. The Labute approximate surface area is 137 Å². The highest BCUT2D eigenvalue weighted by atomic mass is 16.5. The van der Waals surface area contributed by atoms with Crippen molar-refractivity contribution < 1.29 is 19.4 Å². The quantitative estimate of drug-likeness (QED) is 0.905. The molecule has 0 aliphatic carbocycles. The number of carboxylic acids is 1. The second-order valence-electron chi connectivity index (χ2n) is 6.18. The van der Waals surface area contributed by atoms with E-state index in [1.54, 1.807) is 12.1 Å². The van der Waals surface area contributed by atoms with Gasteiger partial charge in [0.2, 0.25) is 0 Å². The van der Waals surface area contributed by atoms with Crippen LogP contribution in [0.15, 0.2) is 12.1 Å². The number of carbonyl (C=O) groups is 2. The van der Waals surface area contributed by atoms with Gasteiger partial charge in [-0.3, -0.25) is 4.79 Å². The molecule has 0 saturated carbocycles. The fourth-order valence-corrected chi connectivity index (χ4v) is 3.29. The average Bonchev–Trinajstić information content (AvgIpc) is 2.52. The van der Waals surface area contributed by atoms with Crippen molar-refractivity contribution in [1.82, 2.24) is 4.90 Å². The average molecular weight is 319 g/mol. The minimum Gasteiger partial charge on any atom is -0.481 e. The molecule has 1 aliphatic heterocycles. The van der Waals surface area contributed by atoms with E-state index in [4.69, 9.17) is 9.84 Å². The van der Waals surface area contributed by atoms with Crippen molar-refractivity contribution in [2.24, 2.45) is 0 Å². The maximum Gasteiger partial charge on any atom is 0.341 e. The van der Waals surface area contributed by atoms with Crippen molar-refractivity contribution in [2.75, 3.05) is 13.2 Å². The smallest absolute Gasteiger partial charge is 0.341 e. The van der Waals surface area contributed by atoms with E-state index in [0.29, 0.717) is 17.4 Å². The van der Waals surface area contributed by atoms with E-state index in [-0.39, 0.29) is 12.5 Å². The molecule has 126 valence electrons.